The first-order valence-electron chi connectivity index (χ1n) is 8.94. The van der Waals surface area contributed by atoms with Gasteiger partial charge in [0.2, 0.25) is 11.5 Å². The molecule has 0 amide bonds. The number of ketones is 1. The summed E-state index contributed by atoms with van der Waals surface area (Å²) in [6, 6.07) is 9.13. The van der Waals surface area contributed by atoms with Crippen molar-refractivity contribution in [1.82, 2.24) is 0 Å². The number of hydrogen-bond acceptors (Lipinski definition) is 6. The van der Waals surface area contributed by atoms with Crippen molar-refractivity contribution in [2.45, 2.75) is 26.7 Å². The zero-order valence-electron chi connectivity index (χ0n) is 17.0. The van der Waals surface area contributed by atoms with E-state index in [2.05, 4.69) is 0 Å². The Labute approximate surface area is 165 Å². The average Bonchev–Trinajstić information content (AvgIpc) is 2.69. The number of benzene rings is 2. The zero-order chi connectivity index (χ0) is 20.7. The Balaban J connectivity index is 1.94. The van der Waals surface area contributed by atoms with E-state index in [1.165, 1.54) is 21.3 Å². The molecule has 0 atom stereocenters. The number of Topliss-reactive ketones (excluding diaryl/α,β-unsaturated/α-hetero) is 1. The first-order chi connectivity index (χ1) is 13.4. The summed E-state index contributed by atoms with van der Waals surface area (Å²) in [5.74, 6) is 0.895. The second-order valence-electron chi connectivity index (χ2n) is 6.44. The maximum Gasteiger partial charge on any atom is 0.306 e. The van der Waals surface area contributed by atoms with Crippen molar-refractivity contribution in [3.8, 4) is 17.2 Å². The number of ether oxygens (including phenoxy) is 4. The minimum Gasteiger partial charge on any atom is -0.493 e. The third-order valence-electron chi connectivity index (χ3n) is 4.39. The molecule has 6 heteroatoms. The number of rotatable bonds is 9. The molecule has 0 fully saturated rings. The van der Waals surface area contributed by atoms with Crippen molar-refractivity contribution >= 4 is 11.8 Å². The molecule has 0 spiro atoms. The van der Waals surface area contributed by atoms with Crippen molar-refractivity contribution in [2.75, 3.05) is 27.9 Å². The molecular weight excluding hydrogens is 360 g/mol. The number of aryl methyl sites for hydroxylation is 3. The number of hydrogen-bond donors (Lipinski definition) is 0. The van der Waals surface area contributed by atoms with E-state index in [0.717, 1.165) is 16.7 Å². The van der Waals surface area contributed by atoms with Crippen LogP contribution < -0.4 is 14.2 Å². The van der Waals surface area contributed by atoms with Crippen LogP contribution in [0.4, 0.5) is 0 Å². The van der Waals surface area contributed by atoms with E-state index in [-0.39, 0.29) is 18.8 Å². The van der Waals surface area contributed by atoms with Crippen LogP contribution in [0.15, 0.2) is 30.3 Å². The Morgan fingerprint density at radius 1 is 0.893 bits per heavy atom. The third kappa shape index (κ3) is 5.25. The summed E-state index contributed by atoms with van der Waals surface area (Å²) in [6.45, 7) is 3.56. The molecule has 0 aromatic heterocycles. The molecule has 150 valence electrons. The standard InChI is InChI=1S/C22H26O6/c1-14-6-8-17(15(2)10-14)18(23)13-28-21(24)9-7-16-11-19(25-3)22(27-5)20(12-16)26-4/h6,8,10-12H,7,9,13H2,1-5H3. The molecule has 0 saturated carbocycles. The summed E-state index contributed by atoms with van der Waals surface area (Å²) in [6.07, 6.45) is 0.562. The van der Waals surface area contributed by atoms with Gasteiger partial charge in [-0.05, 0) is 43.5 Å². The summed E-state index contributed by atoms with van der Waals surface area (Å²) in [5, 5.41) is 0. The summed E-state index contributed by atoms with van der Waals surface area (Å²) in [4.78, 5) is 24.3. The number of carbonyl (C=O) groups is 2. The van der Waals surface area contributed by atoms with Gasteiger partial charge in [-0.15, -0.1) is 0 Å². The normalized spacial score (nSPS) is 10.3. The van der Waals surface area contributed by atoms with Gasteiger partial charge in [0.25, 0.3) is 0 Å². The Kier molecular flexibility index (Phi) is 7.44. The molecule has 0 heterocycles. The predicted molar refractivity (Wildman–Crippen MR) is 106 cm³/mol. The van der Waals surface area contributed by atoms with Gasteiger partial charge in [-0.1, -0.05) is 23.8 Å². The molecule has 0 bridgehead atoms. The second kappa shape index (κ2) is 9.78. The topological polar surface area (TPSA) is 71.1 Å². The van der Waals surface area contributed by atoms with Gasteiger partial charge in [0.1, 0.15) is 0 Å². The minimum absolute atomic E-state index is 0.138. The summed E-state index contributed by atoms with van der Waals surface area (Å²) >= 11 is 0. The highest BCUT2D eigenvalue weighted by atomic mass is 16.5. The second-order valence-corrected chi connectivity index (χ2v) is 6.44. The van der Waals surface area contributed by atoms with Crippen LogP contribution in [0.3, 0.4) is 0 Å². The fraction of sp³-hybridized carbons (Fsp3) is 0.364. The lowest BCUT2D eigenvalue weighted by Gasteiger charge is -2.14. The fourth-order valence-electron chi connectivity index (χ4n) is 2.95. The van der Waals surface area contributed by atoms with Crippen LogP contribution in [-0.2, 0) is 16.0 Å². The minimum atomic E-state index is -0.438. The summed E-state index contributed by atoms with van der Waals surface area (Å²) < 4.78 is 21.0. The van der Waals surface area contributed by atoms with Crippen LogP contribution in [-0.4, -0.2) is 39.7 Å². The fourth-order valence-corrected chi connectivity index (χ4v) is 2.95. The van der Waals surface area contributed by atoms with Crippen LogP contribution in [0.5, 0.6) is 17.2 Å². The highest BCUT2D eigenvalue weighted by Gasteiger charge is 2.15. The van der Waals surface area contributed by atoms with E-state index in [4.69, 9.17) is 18.9 Å². The SMILES string of the molecule is COc1cc(CCC(=O)OCC(=O)c2ccc(C)cc2C)cc(OC)c1OC. The predicted octanol–water partition coefficient (Wildman–Crippen LogP) is 3.69. The van der Waals surface area contributed by atoms with E-state index >= 15 is 0 Å². The molecule has 28 heavy (non-hydrogen) atoms. The van der Waals surface area contributed by atoms with Crippen molar-refractivity contribution in [1.29, 1.82) is 0 Å². The van der Waals surface area contributed by atoms with E-state index in [9.17, 15) is 9.59 Å². The van der Waals surface area contributed by atoms with Crippen molar-refractivity contribution in [3.63, 3.8) is 0 Å². The van der Waals surface area contributed by atoms with Gasteiger partial charge in [0, 0.05) is 12.0 Å². The molecule has 0 aliphatic heterocycles. The van der Waals surface area contributed by atoms with E-state index in [1.807, 2.05) is 26.0 Å². The molecule has 0 aliphatic carbocycles. The maximum absolute atomic E-state index is 12.3. The van der Waals surface area contributed by atoms with Crippen LogP contribution in [0.2, 0.25) is 0 Å². The molecule has 0 saturated heterocycles. The van der Waals surface area contributed by atoms with Gasteiger partial charge >= 0.3 is 5.97 Å². The van der Waals surface area contributed by atoms with Crippen LogP contribution in [0.1, 0.15) is 33.5 Å². The Hall–Kier alpha value is -3.02. The summed E-state index contributed by atoms with van der Waals surface area (Å²) in [5.41, 5.74) is 3.37. The molecular formula is C22H26O6. The zero-order valence-corrected chi connectivity index (χ0v) is 17.0. The molecule has 2 aromatic rings. The van der Waals surface area contributed by atoms with Gasteiger partial charge in [-0.25, -0.2) is 0 Å². The van der Waals surface area contributed by atoms with Crippen molar-refractivity contribution in [3.05, 3.63) is 52.6 Å². The smallest absolute Gasteiger partial charge is 0.306 e. The Morgan fingerprint density at radius 2 is 1.54 bits per heavy atom. The van der Waals surface area contributed by atoms with Crippen LogP contribution in [0.25, 0.3) is 0 Å². The Morgan fingerprint density at radius 3 is 2.07 bits per heavy atom. The lowest BCUT2D eigenvalue weighted by molar-refractivity contribution is -0.142. The maximum atomic E-state index is 12.3. The molecule has 2 aromatic carbocycles. The van der Waals surface area contributed by atoms with Crippen LogP contribution in [0, 0.1) is 13.8 Å². The van der Waals surface area contributed by atoms with Crippen LogP contribution >= 0.6 is 0 Å². The molecule has 0 aliphatic rings. The molecule has 0 radical (unpaired) electrons. The van der Waals surface area contributed by atoms with E-state index in [1.54, 1.807) is 18.2 Å². The largest absolute Gasteiger partial charge is 0.493 e. The highest BCUT2D eigenvalue weighted by Crippen LogP contribution is 2.38. The average molecular weight is 386 g/mol. The lowest BCUT2D eigenvalue weighted by atomic mass is 10.0. The first kappa shape index (κ1) is 21.3. The van der Waals surface area contributed by atoms with Crippen molar-refractivity contribution < 1.29 is 28.5 Å². The van der Waals surface area contributed by atoms with E-state index in [0.29, 0.717) is 29.2 Å². The van der Waals surface area contributed by atoms with Gasteiger partial charge in [0.05, 0.1) is 21.3 Å². The molecule has 2 rings (SSSR count). The number of carbonyl (C=O) groups excluding carboxylic acids is 2. The number of methoxy groups -OCH3 is 3. The monoisotopic (exact) mass is 386 g/mol. The van der Waals surface area contributed by atoms with Gasteiger partial charge in [-0.3, -0.25) is 9.59 Å². The van der Waals surface area contributed by atoms with Gasteiger partial charge in [0.15, 0.2) is 18.1 Å². The van der Waals surface area contributed by atoms with E-state index < -0.39 is 5.97 Å². The summed E-state index contributed by atoms with van der Waals surface area (Å²) in [7, 11) is 4.60. The molecule has 6 nitrogen and oxygen atoms in total. The number of esters is 1. The van der Waals surface area contributed by atoms with Crippen molar-refractivity contribution in [2.24, 2.45) is 0 Å². The molecule has 0 N–H and O–H groups in total. The highest BCUT2D eigenvalue weighted by molar-refractivity contribution is 5.99. The van der Waals surface area contributed by atoms with Gasteiger partial charge in [-0.2, -0.15) is 0 Å². The quantitative estimate of drug-likeness (QED) is 0.484. The Bertz CT molecular complexity index is 831. The third-order valence-corrected chi connectivity index (χ3v) is 4.39. The van der Waals surface area contributed by atoms with Gasteiger partial charge < -0.3 is 18.9 Å². The molecule has 0 unspecified atom stereocenters. The first-order valence-corrected chi connectivity index (χ1v) is 8.94. The lowest BCUT2D eigenvalue weighted by Crippen LogP contribution is -2.15.